The molecular formula is C16H18N4O. The number of nitrogens with one attached hydrogen (secondary N) is 1. The minimum atomic E-state index is 0.486. The molecule has 0 saturated carbocycles. The standard InChI is InChI=1S/C16H18N4O/c1-3-6-14-19-15(18-4-2)10-16(20-14)21-13-8-5-7-12(9-13)11-17/h5,7-10H,3-4,6H2,1-2H3,(H,18,19,20). The van der Waals surface area contributed by atoms with E-state index in [1.54, 1.807) is 30.3 Å². The average molecular weight is 282 g/mol. The second-order valence-electron chi connectivity index (χ2n) is 4.53. The zero-order chi connectivity index (χ0) is 15.1. The number of aromatic nitrogens is 2. The third-order valence-electron chi connectivity index (χ3n) is 2.77. The molecule has 2 aromatic rings. The third-order valence-corrected chi connectivity index (χ3v) is 2.77. The van der Waals surface area contributed by atoms with E-state index in [0.29, 0.717) is 17.2 Å². The summed E-state index contributed by atoms with van der Waals surface area (Å²) in [6.07, 6.45) is 1.77. The van der Waals surface area contributed by atoms with Crippen LogP contribution in [-0.2, 0) is 6.42 Å². The predicted molar refractivity (Wildman–Crippen MR) is 81.4 cm³/mol. The number of hydrogen-bond donors (Lipinski definition) is 1. The normalized spacial score (nSPS) is 9.95. The van der Waals surface area contributed by atoms with Gasteiger partial charge < -0.3 is 10.1 Å². The van der Waals surface area contributed by atoms with Crippen LogP contribution in [0.2, 0.25) is 0 Å². The van der Waals surface area contributed by atoms with Gasteiger partial charge in [-0.2, -0.15) is 10.2 Å². The van der Waals surface area contributed by atoms with Crippen molar-refractivity contribution < 1.29 is 4.74 Å². The van der Waals surface area contributed by atoms with Crippen LogP contribution in [0.3, 0.4) is 0 Å². The summed E-state index contributed by atoms with van der Waals surface area (Å²) in [7, 11) is 0. The predicted octanol–water partition coefficient (Wildman–Crippen LogP) is 3.52. The summed E-state index contributed by atoms with van der Waals surface area (Å²) in [5.41, 5.74) is 0.558. The Morgan fingerprint density at radius 3 is 2.81 bits per heavy atom. The van der Waals surface area contributed by atoms with Gasteiger partial charge in [0, 0.05) is 19.0 Å². The Balaban J connectivity index is 2.27. The van der Waals surface area contributed by atoms with Crippen LogP contribution in [0.1, 0.15) is 31.7 Å². The van der Waals surface area contributed by atoms with E-state index in [1.165, 1.54) is 0 Å². The van der Waals surface area contributed by atoms with E-state index in [9.17, 15) is 0 Å². The summed E-state index contributed by atoms with van der Waals surface area (Å²) in [4.78, 5) is 8.83. The SMILES string of the molecule is CCCc1nc(NCC)cc(Oc2cccc(C#N)c2)n1. The molecule has 21 heavy (non-hydrogen) atoms. The average Bonchev–Trinajstić information content (AvgIpc) is 2.48. The summed E-state index contributed by atoms with van der Waals surface area (Å²) in [5.74, 6) is 2.59. The fraction of sp³-hybridized carbons (Fsp3) is 0.312. The van der Waals surface area contributed by atoms with Gasteiger partial charge in [0.1, 0.15) is 17.4 Å². The maximum atomic E-state index is 8.92. The van der Waals surface area contributed by atoms with Crippen molar-refractivity contribution in [1.29, 1.82) is 5.26 Å². The van der Waals surface area contributed by atoms with E-state index in [0.717, 1.165) is 31.0 Å². The first-order chi connectivity index (χ1) is 10.2. The molecule has 0 saturated heterocycles. The minimum Gasteiger partial charge on any atom is -0.439 e. The van der Waals surface area contributed by atoms with E-state index in [4.69, 9.17) is 10.00 Å². The summed E-state index contributed by atoms with van der Waals surface area (Å²) in [6, 6.07) is 10.9. The molecule has 0 atom stereocenters. The maximum Gasteiger partial charge on any atom is 0.224 e. The molecule has 2 rings (SSSR count). The lowest BCUT2D eigenvalue weighted by Crippen LogP contribution is -2.04. The lowest BCUT2D eigenvalue weighted by atomic mass is 10.2. The van der Waals surface area contributed by atoms with Crippen LogP contribution in [-0.4, -0.2) is 16.5 Å². The number of benzene rings is 1. The second-order valence-corrected chi connectivity index (χ2v) is 4.53. The number of hydrogen-bond acceptors (Lipinski definition) is 5. The highest BCUT2D eigenvalue weighted by Gasteiger charge is 2.06. The Bertz CT molecular complexity index is 625. The molecule has 1 heterocycles. The maximum absolute atomic E-state index is 8.92. The van der Waals surface area contributed by atoms with Crippen molar-refractivity contribution in [3.63, 3.8) is 0 Å². The van der Waals surface area contributed by atoms with Gasteiger partial charge in [0.15, 0.2) is 0 Å². The molecule has 5 heteroatoms. The van der Waals surface area contributed by atoms with Gasteiger partial charge in [0.05, 0.1) is 11.6 Å². The van der Waals surface area contributed by atoms with E-state index < -0.39 is 0 Å². The van der Waals surface area contributed by atoms with Gasteiger partial charge in [-0.15, -0.1) is 0 Å². The third kappa shape index (κ3) is 4.18. The summed E-state index contributed by atoms with van der Waals surface area (Å²) >= 11 is 0. The first-order valence-corrected chi connectivity index (χ1v) is 7.05. The lowest BCUT2D eigenvalue weighted by Gasteiger charge is -2.09. The minimum absolute atomic E-state index is 0.486. The van der Waals surface area contributed by atoms with Gasteiger partial charge in [-0.05, 0) is 31.5 Å². The Kier molecular flexibility index (Phi) is 5.10. The topological polar surface area (TPSA) is 70.8 Å². The molecule has 1 aromatic heterocycles. The highest BCUT2D eigenvalue weighted by Crippen LogP contribution is 2.22. The van der Waals surface area contributed by atoms with Gasteiger partial charge in [-0.1, -0.05) is 13.0 Å². The number of nitriles is 1. The molecule has 0 radical (unpaired) electrons. The van der Waals surface area contributed by atoms with Crippen LogP contribution in [0.15, 0.2) is 30.3 Å². The summed E-state index contributed by atoms with van der Waals surface area (Å²) in [5, 5.41) is 12.1. The molecule has 5 nitrogen and oxygen atoms in total. The zero-order valence-electron chi connectivity index (χ0n) is 12.3. The van der Waals surface area contributed by atoms with Crippen molar-refractivity contribution >= 4 is 5.82 Å². The van der Waals surface area contributed by atoms with Crippen molar-refractivity contribution in [2.45, 2.75) is 26.7 Å². The van der Waals surface area contributed by atoms with Crippen LogP contribution >= 0.6 is 0 Å². The highest BCUT2D eigenvalue weighted by molar-refractivity contribution is 5.42. The lowest BCUT2D eigenvalue weighted by molar-refractivity contribution is 0.458. The van der Waals surface area contributed by atoms with Gasteiger partial charge in [0.25, 0.3) is 0 Å². The molecule has 0 amide bonds. The van der Waals surface area contributed by atoms with Crippen molar-refractivity contribution in [2.75, 3.05) is 11.9 Å². The number of ether oxygens (including phenoxy) is 1. The van der Waals surface area contributed by atoms with E-state index in [-0.39, 0.29) is 0 Å². The van der Waals surface area contributed by atoms with Gasteiger partial charge in [-0.25, -0.2) is 4.98 Å². The quantitative estimate of drug-likeness (QED) is 0.877. The molecule has 0 bridgehead atoms. The fourth-order valence-corrected chi connectivity index (χ4v) is 1.88. The Morgan fingerprint density at radius 2 is 2.10 bits per heavy atom. The highest BCUT2D eigenvalue weighted by atomic mass is 16.5. The monoisotopic (exact) mass is 282 g/mol. The number of anilines is 1. The van der Waals surface area contributed by atoms with Crippen LogP contribution in [0.4, 0.5) is 5.82 Å². The van der Waals surface area contributed by atoms with Crippen molar-refractivity contribution in [1.82, 2.24) is 9.97 Å². The fourth-order valence-electron chi connectivity index (χ4n) is 1.88. The number of rotatable bonds is 6. The van der Waals surface area contributed by atoms with Crippen LogP contribution in [0.25, 0.3) is 0 Å². The largest absolute Gasteiger partial charge is 0.439 e. The summed E-state index contributed by atoms with van der Waals surface area (Å²) < 4.78 is 5.75. The molecule has 108 valence electrons. The Morgan fingerprint density at radius 1 is 1.24 bits per heavy atom. The molecule has 1 N–H and O–H groups in total. The van der Waals surface area contributed by atoms with Gasteiger partial charge in [-0.3, -0.25) is 0 Å². The molecule has 0 unspecified atom stereocenters. The molecule has 0 aliphatic heterocycles. The van der Waals surface area contributed by atoms with Crippen LogP contribution < -0.4 is 10.1 Å². The second kappa shape index (κ2) is 7.25. The van der Waals surface area contributed by atoms with Gasteiger partial charge in [0.2, 0.25) is 5.88 Å². The van der Waals surface area contributed by atoms with Crippen LogP contribution in [0.5, 0.6) is 11.6 Å². The number of nitrogens with zero attached hydrogens (tertiary/aromatic N) is 3. The zero-order valence-corrected chi connectivity index (χ0v) is 12.3. The smallest absolute Gasteiger partial charge is 0.224 e. The molecule has 0 fully saturated rings. The molecule has 1 aromatic carbocycles. The first-order valence-electron chi connectivity index (χ1n) is 7.05. The van der Waals surface area contributed by atoms with Crippen LogP contribution in [0, 0.1) is 11.3 Å². The van der Waals surface area contributed by atoms with Crippen molar-refractivity contribution in [3.05, 3.63) is 41.7 Å². The van der Waals surface area contributed by atoms with Crippen molar-refractivity contribution in [2.24, 2.45) is 0 Å². The summed E-state index contributed by atoms with van der Waals surface area (Å²) in [6.45, 7) is 4.88. The van der Waals surface area contributed by atoms with E-state index >= 15 is 0 Å². The Labute approximate surface area is 124 Å². The van der Waals surface area contributed by atoms with E-state index in [2.05, 4.69) is 28.3 Å². The Hall–Kier alpha value is -2.61. The van der Waals surface area contributed by atoms with Gasteiger partial charge >= 0.3 is 0 Å². The molecular weight excluding hydrogens is 264 g/mol. The number of aryl methyl sites for hydroxylation is 1. The molecule has 0 aliphatic rings. The first kappa shape index (κ1) is 14.8. The molecule has 0 aliphatic carbocycles. The van der Waals surface area contributed by atoms with E-state index in [1.807, 2.05) is 6.92 Å². The van der Waals surface area contributed by atoms with Crippen molar-refractivity contribution in [3.8, 4) is 17.7 Å². The molecule has 0 spiro atoms.